The van der Waals surface area contributed by atoms with Crippen LogP contribution in [0.25, 0.3) is 0 Å². The van der Waals surface area contributed by atoms with E-state index >= 15 is 0 Å². The molecule has 50 valence electrons. The zero-order valence-electron chi connectivity index (χ0n) is 5.46. The molecule has 0 saturated heterocycles. The van der Waals surface area contributed by atoms with Crippen molar-refractivity contribution in [2.75, 3.05) is 6.61 Å². The molecule has 9 heavy (non-hydrogen) atoms. The average Bonchev–Trinajstić information content (AvgIpc) is 2.33. The van der Waals surface area contributed by atoms with Crippen molar-refractivity contribution in [1.29, 1.82) is 0 Å². The minimum Gasteiger partial charge on any atom is -0.396 e. The molecule has 0 aromatic heterocycles. The molecule has 0 amide bonds. The van der Waals surface area contributed by atoms with E-state index in [1.54, 1.807) is 0 Å². The maximum absolute atomic E-state index is 8.77. The summed E-state index contributed by atoms with van der Waals surface area (Å²) < 4.78 is 0. The van der Waals surface area contributed by atoms with Gasteiger partial charge in [0.1, 0.15) is 0 Å². The SMILES string of the molecule is C=C[C@@H]1CC=C[C@@H]1CO. The molecule has 1 heteroatoms. The molecule has 0 radical (unpaired) electrons. The Kier molecular flexibility index (Phi) is 2.06. The smallest absolute Gasteiger partial charge is 0.0499 e. The van der Waals surface area contributed by atoms with Gasteiger partial charge in [0, 0.05) is 12.5 Å². The van der Waals surface area contributed by atoms with E-state index in [9.17, 15) is 0 Å². The Morgan fingerprint density at radius 3 is 3.00 bits per heavy atom. The van der Waals surface area contributed by atoms with Crippen molar-refractivity contribution in [3.05, 3.63) is 24.8 Å². The lowest BCUT2D eigenvalue weighted by Crippen LogP contribution is -2.08. The van der Waals surface area contributed by atoms with Crippen LogP contribution in [-0.4, -0.2) is 11.7 Å². The van der Waals surface area contributed by atoms with Crippen LogP contribution in [0.15, 0.2) is 24.8 Å². The van der Waals surface area contributed by atoms with E-state index in [-0.39, 0.29) is 6.61 Å². The van der Waals surface area contributed by atoms with E-state index in [2.05, 4.69) is 18.7 Å². The molecular weight excluding hydrogens is 112 g/mol. The minimum absolute atomic E-state index is 0.257. The van der Waals surface area contributed by atoms with Gasteiger partial charge in [0.25, 0.3) is 0 Å². The molecule has 0 aromatic carbocycles. The maximum Gasteiger partial charge on any atom is 0.0499 e. The lowest BCUT2D eigenvalue weighted by Gasteiger charge is -2.10. The van der Waals surface area contributed by atoms with Crippen LogP contribution in [0.4, 0.5) is 0 Å². The lowest BCUT2D eigenvalue weighted by atomic mass is 9.97. The van der Waals surface area contributed by atoms with Crippen molar-refractivity contribution in [2.45, 2.75) is 6.42 Å². The molecule has 1 nitrogen and oxygen atoms in total. The van der Waals surface area contributed by atoms with Crippen molar-refractivity contribution < 1.29 is 5.11 Å². The fraction of sp³-hybridized carbons (Fsp3) is 0.500. The Morgan fingerprint density at radius 1 is 1.78 bits per heavy atom. The minimum atomic E-state index is 0.257. The van der Waals surface area contributed by atoms with Crippen molar-refractivity contribution in [1.82, 2.24) is 0 Å². The zero-order valence-corrected chi connectivity index (χ0v) is 5.46. The molecule has 0 unspecified atom stereocenters. The van der Waals surface area contributed by atoms with Crippen LogP contribution in [-0.2, 0) is 0 Å². The summed E-state index contributed by atoms with van der Waals surface area (Å²) >= 11 is 0. The lowest BCUT2D eigenvalue weighted by molar-refractivity contribution is 0.232. The van der Waals surface area contributed by atoms with Gasteiger partial charge in [-0.1, -0.05) is 18.2 Å². The number of hydrogen-bond acceptors (Lipinski definition) is 1. The molecule has 2 atom stereocenters. The van der Waals surface area contributed by atoms with E-state index in [0.717, 1.165) is 6.42 Å². The largest absolute Gasteiger partial charge is 0.396 e. The monoisotopic (exact) mass is 124 g/mol. The van der Waals surface area contributed by atoms with Gasteiger partial charge in [-0.05, 0) is 12.3 Å². The Balaban J connectivity index is 2.48. The second-order valence-corrected chi connectivity index (χ2v) is 2.41. The summed E-state index contributed by atoms with van der Waals surface area (Å²) in [6.07, 6.45) is 7.13. The number of allylic oxidation sites excluding steroid dienone is 2. The van der Waals surface area contributed by atoms with E-state index < -0.39 is 0 Å². The highest BCUT2D eigenvalue weighted by molar-refractivity contribution is 5.06. The Labute approximate surface area is 55.7 Å². The second kappa shape index (κ2) is 2.83. The molecule has 0 aliphatic heterocycles. The second-order valence-electron chi connectivity index (χ2n) is 2.41. The van der Waals surface area contributed by atoms with Gasteiger partial charge in [0.05, 0.1) is 0 Å². The fourth-order valence-electron chi connectivity index (χ4n) is 1.20. The predicted molar refractivity (Wildman–Crippen MR) is 38.0 cm³/mol. The summed E-state index contributed by atoms with van der Waals surface area (Å²) in [6.45, 7) is 3.95. The van der Waals surface area contributed by atoms with Gasteiger partial charge in [-0.2, -0.15) is 0 Å². The van der Waals surface area contributed by atoms with Gasteiger partial charge in [0.15, 0.2) is 0 Å². The summed E-state index contributed by atoms with van der Waals surface area (Å²) in [5.41, 5.74) is 0. The van der Waals surface area contributed by atoms with Gasteiger partial charge in [0.2, 0.25) is 0 Å². The standard InChI is InChI=1S/C8H12O/c1-2-7-4-3-5-8(7)6-9/h2-3,5,7-9H,1,4,6H2/t7-,8-/m1/s1. The summed E-state index contributed by atoms with van der Waals surface area (Å²) in [5, 5.41) is 8.77. The van der Waals surface area contributed by atoms with Gasteiger partial charge in [-0.3, -0.25) is 0 Å². The first kappa shape index (κ1) is 6.56. The van der Waals surface area contributed by atoms with Crippen molar-refractivity contribution in [3.8, 4) is 0 Å². The molecular formula is C8H12O. The third kappa shape index (κ3) is 1.22. The highest BCUT2D eigenvalue weighted by atomic mass is 16.3. The molecule has 1 N–H and O–H groups in total. The molecule has 0 bridgehead atoms. The van der Waals surface area contributed by atoms with Crippen molar-refractivity contribution >= 4 is 0 Å². The predicted octanol–water partition coefficient (Wildman–Crippen LogP) is 1.36. The number of hydrogen-bond donors (Lipinski definition) is 1. The third-order valence-corrected chi connectivity index (χ3v) is 1.86. The van der Waals surface area contributed by atoms with E-state index in [1.165, 1.54) is 0 Å². The molecule has 0 aromatic rings. The van der Waals surface area contributed by atoms with Crippen LogP contribution >= 0.6 is 0 Å². The molecule has 0 saturated carbocycles. The fourth-order valence-corrected chi connectivity index (χ4v) is 1.20. The summed E-state index contributed by atoms with van der Waals surface area (Å²) in [4.78, 5) is 0. The topological polar surface area (TPSA) is 20.2 Å². The van der Waals surface area contributed by atoms with Gasteiger partial charge >= 0.3 is 0 Å². The van der Waals surface area contributed by atoms with E-state index in [1.807, 2.05) is 6.08 Å². The first-order chi connectivity index (χ1) is 4.38. The maximum atomic E-state index is 8.77. The zero-order chi connectivity index (χ0) is 6.69. The molecule has 1 aliphatic carbocycles. The third-order valence-electron chi connectivity index (χ3n) is 1.86. The van der Waals surface area contributed by atoms with Crippen LogP contribution in [0.5, 0.6) is 0 Å². The summed E-state index contributed by atoms with van der Waals surface area (Å²) in [5.74, 6) is 0.817. The van der Waals surface area contributed by atoms with E-state index in [4.69, 9.17) is 5.11 Å². The quantitative estimate of drug-likeness (QED) is 0.551. The Bertz CT molecular complexity index is 127. The van der Waals surface area contributed by atoms with Crippen LogP contribution in [0, 0.1) is 11.8 Å². The molecule has 0 spiro atoms. The molecule has 1 rings (SSSR count). The van der Waals surface area contributed by atoms with Gasteiger partial charge in [-0.15, -0.1) is 6.58 Å². The summed E-state index contributed by atoms with van der Waals surface area (Å²) in [6, 6.07) is 0. The molecule has 0 heterocycles. The normalized spacial score (nSPS) is 33.0. The number of rotatable bonds is 2. The van der Waals surface area contributed by atoms with Crippen LogP contribution in [0.2, 0.25) is 0 Å². The molecule has 1 aliphatic rings. The summed E-state index contributed by atoms with van der Waals surface area (Å²) in [7, 11) is 0. The van der Waals surface area contributed by atoms with E-state index in [0.29, 0.717) is 11.8 Å². The highest BCUT2D eigenvalue weighted by Crippen LogP contribution is 2.24. The van der Waals surface area contributed by atoms with Crippen molar-refractivity contribution in [2.24, 2.45) is 11.8 Å². The van der Waals surface area contributed by atoms with Gasteiger partial charge < -0.3 is 5.11 Å². The van der Waals surface area contributed by atoms with Crippen LogP contribution in [0.1, 0.15) is 6.42 Å². The van der Waals surface area contributed by atoms with Crippen molar-refractivity contribution in [3.63, 3.8) is 0 Å². The number of aliphatic hydroxyl groups excluding tert-OH is 1. The highest BCUT2D eigenvalue weighted by Gasteiger charge is 2.17. The average molecular weight is 124 g/mol. The van der Waals surface area contributed by atoms with Gasteiger partial charge in [-0.25, -0.2) is 0 Å². The number of aliphatic hydroxyl groups is 1. The first-order valence-corrected chi connectivity index (χ1v) is 3.28. The van der Waals surface area contributed by atoms with Crippen LogP contribution in [0.3, 0.4) is 0 Å². The first-order valence-electron chi connectivity index (χ1n) is 3.28. The Morgan fingerprint density at radius 2 is 2.56 bits per heavy atom. The Hall–Kier alpha value is -0.560. The molecule has 0 fully saturated rings. The van der Waals surface area contributed by atoms with Crippen LogP contribution < -0.4 is 0 Å².